The van der Waals surface area contributed by atoms with Crippen LogP contribution < -0.4 is 5.32 Å². The molecular formula is C67H127NO11S. The van der Waals surface area contributed by atoms with Gasteiger partial charge in [0.1, 0.15) is 24.4 Å². The second-order valence-electron chi connectivity index (χ2n) is 23.8. The van der Waals surface area contributed by atoms with E-state index >= 15 is 0 Å². The first kappa shape index (κ1) is 76.3. The Kier molecular flexibility index (Phi) is 53.9. The van der Waals surface area contributed by atoms with Gasteiger partial charge in [-0.3, -0.25) is 9.35 Å². The molecule has 1 aliphatic rings. The Balaban J connectivity index is 2.22. The molecule has 12 nitrogen and oxygen atoms in total. The van der Waals surface area contributed by atoms with Gasteiger partial charge in [0.25, 0.3) is 0 Å². The molecule has 1 rings (SSSR count). The number of hydrogen-bond donors (Lipinski definition) is 6. The van der Waals surface area contributed by atoms with E-state index < -0.39 is 59.9 Å². The highest BCUT2D eigenvalue weighted by Gasteiger charge is 2.48. The van der Waals surface area contributed by atoms with Gasteiger partial charge in [-0.05, 0) is 51.4 Å². The van der Waals surface area contributed by atoms with Crippen LogP contribution in [-0.2, 0) is 28.9 Å². The molecule has 472 valence electrons. The number of aliphatic hydroxyl groups is 4. The Morgan fingerprint density at radius 3 is 1.19 bits per heavy atom. The number of amides is 1. The highest BCUT2D eigenvalue weighted by atomic mass is 32.3. The lowest BCUT2D eigenvalue weighted by atomic mass is 9.99. The molecule has 0 bridgehead atoms. The van der Waals surface area contributed by atoms with Crippen molar-refractivity contribution in [3.05, 3.63) is 36.5 Å². The van der Waals surface area contributed by atoms with Crippen LogP contribution in [0.1, 0.15) is 328 Å². The number of allylic oxidation sites excluding steroid dienone is 5. The molecule has 6 N–H and O–H groups in total. The topological polar surface area (TPSA) is 192 Å². The third-order valence-electron chi connectivity index (χ3n) is 16.2. The molecule has 0 aliphatic carbocycles. The zero-order chi connectivity index (χ0) is 58.3. The van der Waals surface area contributed by atoms with E-state index in [9.17, 15) is 38.2 Å². The van der Waals surface area contributed by atoms with E-state index in [-0.39, 0.29) is 18.9 Å². The average molecular weight is 1150 g/mol. The summed E-state index contributed by atoms with van der Waals surface area (Å²) in [5.41, 5.74) is 0. The molecule has 0 saturated carbocycles. The fourth-order valence-electron chi connectivity index (χ4n) is 11.0. The average Bonchev–Trinajstić information content (AvgIpc) is 3.43. The van der Waals surface area contributed by atoms with Crippen molar-refractivity contribution < 1.29 is 51.8 Å². The molecule has 0 spiro atoms. The van der Waals surface area contributed by atoms with E-state index in [1.165, 1.54) is 257 Å². The van der Waals surface area contributed by atoms with Crippen molar-refractivity contribution in [2.75, 3.05) is 13.2 Å². The lowest BCUT2D eigenvalue weighted by molar-refractivity contribution is -0.298. The van der Waals surface area contributed by atoms with Crippen LogP contribution in [0.4, 0.5) is 0 Å². The van der Waals surface area contributed by atoms with Crippen molar-refractivity contribution >= 4 is 16.3 Å². The quantitative estimate of drug-likeness (QED) is 0.0193. The normalized spacial score (nSPS) is 18.8. The monoisotopic (exact) mass is 1150 g/mol. The first-order valence-corrected chi connectivity index (χ1v) is 35.2. The summed E-state index contributed by atoms with van der Waals surface area (Å²) in [6, 6.07) is -0.944. The van der Waals surface area contributed by atoms with Gasteiger partial charge in [-0.25, -0.2) is 4.18 Å². The predicted octanol–water partition coefficient (Wildman–Crippen LogP) is 17.3. The van der Waals surface area contributed by atoms with Crippen LogP contribution in [0, 0.1) is 0 Å². The number of nitrogens with one attached hydrogen (secondary N) is 1. The number of carbonyl (C=O) groups excluding carboxylic acids is 1. The van der Waals surface area contributed by atoms with Gasteiger partial charge in [-0.15, -0.1) is 0 Å². The number of hydrogen-bond acceptors (Lipinski definition) is 10. The summed E-state index contributed by atoms with van der Waals surface area (Å²) in [7, 11) is -5.09. The minimum Gasteiger partial charge on any atom is -0.394 e. The van der Waals surface area contributed by atoms with Crippen LogP contribution in [-0.4, -0.2) is 95.4 Å². The molecule has 1 amide bonds. The molecule has 13 heteroatoms. The Bertz CT molecular complexity index is 1540. The van der Waals surface area contributed by atoms with Gasteiger partial charge >= 0.3 is 10.4 Å². The second kappa shape index (κ2) is 56.5. The van der Waals surface area contributed by atoms with E-state index in [1.54, 1.807) is 6.08 Å². The van der Waals surface area contributed by atoms with Gasteiger partial charge in [0.05, 0.1) is 25.4 Å². The molecular weight excluding hydrogens is 1030 g/mol. The van der Waals surface area contributed by atoms with Crippen molar-refractivity contribution in [1.29, 1.82) is 0 Å². The molecule has 7 unspecified atom stereocenters. The summed E-state index contributed by atoms with van der Waals surface area (Å²) in [4.78, 5) is 13.2. The Morgan fingerprint density at radius 1 is 0.500 bits per heavy atom. The highest BCUT2D eigenvalue weighted by molar-refractivity contribution is 7.80. The van der Waals surface area contributed by atoms with E-state index in [0.717, 1.165) is 44.9 Å². The molecule has 1 fully saturated rings. The smallest absolute Gasteiger partial charge is 0.394 e. The molecule has 1 aliphatic heterocycles. The zero-order valence-corrected chi connectivity index (χ0v) is 52.5. The van der Waals surface area contributed by atoms with E-state index in [0.29, 0.717) is 6.42 Å². The number of rotatable bonds is 60. The third-order valence-corrected chi connectivity index (χ3v) is 16.6. The number of aliphatic hydroxyl groups excluding tert-OH is 4. The highest BCUT2D eigenvalue weighted by Crippen LogP contribution is 2.26. The predicted molar refractivity (Wildman–Crippen MR) is 333 cm³/mol. The standard InChI is InChI=1S/C67H127NO11S/c1-3-5-7-9-11-13-15-17-19-21-23-24-25-26-27-28-29-30-31-32-33-34-35-36-37-38-39-41-43-45-47-49-51-53-55-57-63(71)68-60(59-77-67-65(73)66(79-80(74,75)76)64(72)62(58-69)78-67)61(70)56-54-52-50-48-46-44-42-40-22-20-18-16-14-12-10-8-6-4-2/h25-26,28-29,54,56,60-62,64-67,69-70,72-73H,3-24,27,30-53,55,57-59H2,1-2H3,(H,68,71)(H,74,75,76)/b26-25-,29-28-,56-54+. The van der Waals surface area contributed by atoms with Crippen LogP contribution >= 0.6 is 0 Å². The zero-order valence-electron chi connectivity index (χ0n) is 51.7. The maximum absolute atomic E-state index is 13.2. The van der Waals surface area contributed by atoms with Crippen LogP contribution in [0.5, 0.6) is 0 Å². The van der Waals surface area contributed by atoms with Crippen LogP contribution in [0.15, 0.2) is 36.5 Å². The van der Waals surface area contributed by atoms with E-state index in [2.05, 4.69) is 47.7 Å². The second-order valence-corrected chi connectivity index (χ2v) is 24.8. The molecule has 7 atom stereocenters. The van der Waals surface area contributed by atoms with Gasteiger partial charge in [0, 0.05) is 6.42 Å². The Morgan fingerprint density at radius 2 is 0.838 bits per heavy atom. The van der Waals surface area contributed by atoms with E-state index in [4.69, 9.17) is 9.47 Å². The number of ether oxygens (including phenoxy) is 2. The maximum atomic E-state index is 13.2. The van der Waals surface area contributed by atoms with Crippen molar-refractivity contribution in [2.24, 2.45) is 0 Å². The van der Waals surface area contributed by atoms with Gasteiger partial charge < -0.3 is 35.2 Å². The lowest BCUT2D eigenvalue weighted by Crippen LogP contribution is -2.61. The van der Waals surface area contributed by atoms with Gasteiger partial charge in [-0.2, -0.15) is 8.42 Å². The van der Waals surface area contributed by atoms with Crippen molar-refractivity contribution in [3.8, 4) is 0 Å². The number of unbranched alkanes of at least 4 members (excludes halogenated alkanes) is 44. The minimum atomic E-state index is -5.09. The van der Waals surface area contributed by atoms with Crippen molar-refractivity contribution in [2.45, 2.75) is 371 Å². The molecule has 0 radical (unpaired) electrons. The lowest BCUT2D eigenvalue weighted by Gasteiger charge is -2.41. The summed E-state index contributed by atoms with van der Waals surface area (Å²) < 4.78 is 48.0. The van der Waals surface area contributed by atoms with Gasteiger partial charge in [-0.1, -0.05) is 307 Å². The Labute approximate surface area is 492 Å². The maximum Gasteiger partial charge on any atom is 0.397 e. The Hall–Kier alpha value is -1.68. The van der Waals surface area contributed by atoms with Crippen molar-refractivity contribution in [3.63, 3.8) is 0 Å². The summed E-state index contributed by atoms with van der Waals surface area (Å²) in [6.45, 7) is 3.44. The number of carbonyl (C=O) groups is 1. The minimum absolute atomic E-state index is 0.257. The molecule has 1 heterocycles. The van der Waals surface area contributed by atoms with Gasteiger partial charge in [0.2, 0.25) is 5.91 Å². The molecule has 80 heavy (non-hydrogen) atoms. The van der Waals surface area contributed by atoms with Crippen molar-refractivity contribution in [1.82, 2.24) is 5.32 Å². The molecule has 0 aromatic rings. The summed E-state index contributed by atoms with van der Waals surface area (Å²) >= 11 is 0. The summed E-state index contributed by atoms with van der Waals surface area (Å²) in [5, 5.41) is 45.1. The fourth-order valence-corrected chi connectivity index (χ4v) is 11.5. The molecule has 0 aromatic carbocycles. The SMILES string of the molecule is CCCCCCCCCCCCC/C=C\C/C=C\CCCCCCCCCCCCCCCCCCCC(=O)NC(COC1OC(CO)C(O)C(OS(=O)(=O)O)C1O)C(O)/C=C/CCCCCCCCCCCCCCCCCC. The molecule has 1 saturated heterocycles. The van der Waals surface area contributed by atoms with Crippen LogP contribution in [0.3, 0.4) is 0 Å². The first-order chi connectivity index (χ1) is 39.0. The first-order valence-electron chi connectivity index (χ1n) is 33.9. The third kappa shape index (κ3) is 47.7. The van der Waals surface area contributed by atoms with Crippen LogP contribution in [0.2, 0.25) is 0 Å². The largest absolute Gasteiger partial charge is 0.397 e. The van der Waals surface area contributed by atoms with Crippen LogP contribution in [0.25, 0.3) is 0 Å². The van der Waals surface area contributed by atoms with Gasteiger partial charge in [0.15, 0.2) is 6.29 Å². The summed E-state index contributed by atoms with van der Waals surface area (Å²) in [5.74, 6) is -0.257. The summed E-state index contributed by atoms with van der Waals surface area (Å²) in [6.07, 6.45) is 65.0. The molecule has 0 aromatic heterocycles. The fraction of sp³-hybridized carbons (Fsp3) is 0.896. The van der Waals surface area contributed by atoms with E-state index in [1.807, 2.05) is 6.08 Å².